The maximum absolute atomic E-state index is 12.5. The number of nitro groups is 1. The van der Waals surface area contributed by atoms with E-state index in [2.05, 4.69) is 4.98 Å². The molecule has 0 spiro atoms. The number of nitrogens with one attached hydrogen (secondary N) is 1. The summed E-state index contributed by atoms with van der Waals surface area (Å²) in [5.74, 6) is 0.346. The van der Waals surface area contributed by atoms with Crippen molar-refractivity contribution in [2.75, 3.05) is 31.1 Å². The molecule has 3 rings (SSSR count). The van der Waals surface area contributed by atoms with Gasteiger partial charge in [0.15, 0.2) is 0 Å². The summed E-state index contributed by atoms with van der Waals surface area (Å²) in [6.07, 6.45) is 1.66. The van der Waals surface area contributed by atoms with Gasteiger partial charge in [0.2, 0.25) is 0 Å². The number of nitrogens with zero attached hydrogens (tertiary/aromatic N) is 3. The SMILES string of the molecule is O=C(c1ccccc1Cl)N1CCN(c2[nH+]cccc2[N+](=O)[O-])CC1. The van der Waals surface area contributed by atoms with Crippen molar-refractivity contribution in [2.24, 2.45) is 0 Å². The number of hydrogen-bond acceptors (Lipinski definition) is 4. The van der Waals surface area contributed by atoms with Crippen LogP contribution in [0.4, 0.5) is 11.5 Å². The normalized spacial score (nSPS) is 14.5. The van der Waals surface area contributed by atoms with Crippen molar-refractivity contribution in [3.8, 4) is 0 Å². The summed E-state index contributed by atoms with van der Waals surface area (Å²) in [6.45, 7) is 1.98. The molecule has 0 aliphatic carbocycles. The van der Waals surface area contributed by atoms with Crippen LogP contribution in [0.1, 0.15) is 10.4 Å². The Morgan fingerprint density at radius 1 is 1.12 bits per heavy atom. The zero-order valence-corrected chi connectivity index (χ0v) is 13.6. The van der Waals surface area contributed by atoms with Gasteiger partial charge in [-0.05, 0) is 18.2 Å². The van der Waals surface area contributed by atoms with Gasteiger partial charge >= 0.3 is 11.5 Å². The molecule has 1 aromatic heterocycles. The van der Waals surface area contributed by atoms with E-state index in [0.717, 1.165) is 0 Å². The first kappa shape index (κ1) is 16.2. The van der Waals surface area contributed by atoms with E-state index < -0.39 is 4.92 Å². The zero-order chi connectivity index (χ0) is 17.1. The number of pyridine rings is 1. The predicted molar refractivity (Wildman–Crippen MR) is 89.2 cm³/mol. The van der Waals surface area contributed by atoms with Crippen LogP contribution in [-0.4, -0.2) is 41.9 Å². The number of H-pyrrole nitrogens is 1. The molecular formula is C16H16ClN4O3+. The number of halogens is 1. The first-order chi connectivity index (χ1) is 11.6. The Labute approximate surface area is 143 Å². The Morgan fingerprint density at radius 3 is 2.50 bits per heavy atom. The van der Waals surface area contributed by atoms with Gasteiger partial charge in [-0.25, -0.2) is 4.98 Å². The second-order valence-corrected chi connectivity index (χ2v) is 5.83. The van der Waals surface area contributed by atoms with Crippen LogP contribution in [0.5, 0.6) is 0 Å². The summed E-state index contributed by atoms with van der Waals surface area (Å²) in [7, 11) is 0. The number of amides is 1. The van der Waals surface area contributed by atoms with E-state index in [1.165, 1.54) is 6.07 Å². The first-order valence-electron chi connectivity index (χ1n) is 7.52. The van der Waals surface area contributed by atoms with E-state index in [0.29, 0.717) is 42.6 Å². The van der Waals surface area contributed by atoms with E-state index >= 15 is 0 Å². The predicted octanol–water partition coefficient (Wildman–Crippen LogP) is 2.02. The number of aromatic amines is 1. The second kappa shape index (κ2) is 6.84. The summed E-state index contributed by atoms with van der Waals surface area (Å²) in [5.41, 5.74) is 0.508. The topological polar surface area (TPSA) is 80.8 Å². The lowest BCUT2D eigenvalue weighted by Gasteiger charge is -2.31. The third-order valence-corrected chi connectivity index (χ3v) is 4.33. The van der Waals surface area contributed by atoms with E-state index in [-0.39, 0.29) is 11.6 Å². The average molecular weight is 348 g/mol. The summed E-state index contributed by atoms with van der Waals surface area (Å²) in [4.78, 5) is 29.8. The quantitative estimate of drug-likeness (QED) is 0.628. The van der Waals surface area contributed by atoms with Crippen LogP contribution in [0, 0.1) is 10.1 Å². The largest absolute Gasteiger partial charge is 0.357 e. The molecule has 1 aliphatic rings. The van der Waals surface area contributed by atoms with Gasteiger partial charge in [0.25, 0.3) is 5.91 Å². The number of benzene rings is 1. The molecule has 1 fully saturated rings. The molecular weight excluding hydrogens is 332 g/mol. The number of carbonyl (C=O) groups excluding carboxylic acids is 1. The van der Waals surface area contributed by atoms with Crippen LogP contribution in [0.15, 0.2) is 42.6 Å². The number of aromatic nitrogens is 1. The molecule has 1 aliphatic heterocycles. The maximum Gasteiger partial charge on any atom is 0.357 e. The van der Waals surface area contributed by atoms with Crippen molar-refractivity contribution in [2.45, 2.75) is 0 Å². The average Bonchev–Trinajstić information content (AvgIpc) is 2.62. The molecule has 1 N–H and O–H groups in total. The molecule has 0 unspecified atom stereocenters. The summed E-state index contributed by atoms with van der Waals surface area (Å²) >= 11 is 6.08. The van der Waals surface area contributed by atoms with Crippen LogP contribution >= 0.6 is 11.6 Å². The Hall–Kier alpha value is -2.67. The molecule has 1 amide bonds. The van der Waals surface area contributed by atoms with Gasteiger partial charge in [-0.1, -0.05) is 23.7 Å². The minimum absolute atomic E-state index is 0.0309. The van der Waals surface area contributed by atoms with Crippen molar-refractivity contribution in [1.82, 2.24) is 4.90 Å². The Morgan fingerprint density at radius 2 is 1.83 bits per heavy atom. The van der Waals surface area contributed by atoms with E-state index in [9.17, 15) is 14.9 Å². The lowest BCUT2D eigenvalue weighted by atomic mass is 10.1. The highest BCUT2D eigenvalue weighted by molar-refractivity contribution is 6.33. The van der Waals surface area contributed by atoms with Gasteiger partial charge in [-0.15, -0.1) is 0 Å². The van der Waals surface area contributed by atoms with Gasteiger partial charge in [0, 0.05) is 6.07 Å². The highest BCUT2D eigenvalue weighted by atomic mass is 35.5. The molecule has 24 heavy (non-hydrogen) atoms. The first-order valence-corrected chi connectivity index (χ1v) is 7.89. The third-order valence-electron chi connectivity index (χ3n) is 4.00. The smallest absolute Gasteiger partial charge is 0.331 e. The van der Waals surface area contributed by atoms with E-state index in [1.54, 1.807) is 41.4 Å². The molecule has 124 valence electrons. The van der Waals surface area contributed by atoms with Gasteiger partial charge in [-0.3, -0.25) is 19.8 Å². The van der Waals surface area contributed by atoms with Gasteiger partial charge < -0.3 is 4.90 Å². The summed E-state index contributed by atoms with van der Waals surface area (Å²) < 4.78 is 0. The van der Waals surface area contributed by atoms with Crippen LogP contribution < -0.4 is 9.88 Å². The molecule has 7 nitrogen and oxygen atoms in total. The van der Waals surface area contributed by atoms with Crippen LogP contribution in [0.2, 0.25) is 5.02 Å². The fraction of sp³-hybridized carbons (Fsp3) is 0.250. The third kappa shape index (κ3) is 3.16. The number of piperazine rings is 1. The second-order valence-electron chi connectivity index (χ2n) is 5.42. The number of rotatable bonds is 3. The van der Waals surface area contributed by atoms with Crippen molar-refractivity contribution >= 4 is 29.0 Å². The minimum atomic E-state index is -0.410. The fourth-order valence-electron chi connectivity index (χ4n) is 2.76. The molecule has 1 aromatic carbocycles. The Kier molecular flexibility index (Phi) is 4.61. The highest BCUT2D eigenvalue weighted by Gasteiger charge is 2.32. The number of anilines is 1. The maximum atomic E-state index is 12.5. The van der Waals surface area contributed by atoms with Crippen molar-refractivity contribution in [3.05, 3.63) is 63.3 Å². The Bertz CT molecular complexity index is 775. The highest BCUT2D eigenvalue weighted by Crippen LogP contribution is 2.24. The molecule has 0 atom stereocenters. The van der Waals surface area contributed by atoms with Crippen molar-refractivity contribution in [1.29, 1.82) is 0 Å². The monoisotopic (exact) mass is 347 g/mol. The minimum Gasteiger partial charge on any atom is -0.331 e. The van der Waals surface area contributed by atoms with Crippen molar-refractivity contribution in [3.63, 3.8) is 0 Å². The van der Waals surface area contributed by atoms with Crippen LogP contribution in [-0.2, 0) is 0 Å². The van der Waals surface area contributed by atoms with E-state index in [1.807, 2.05) is 4.90 Å². The van der Waals surface area contributed by atoms with Gasteiger partial charge in [0.05, 0.1) is 34.8 Å². The van der Waals surface area contributed by atoms with Gasteiger partial charge in [-0.2, -0.15) is 0 Å². The van der Waals surface area contributed by atoms with Gasteiger partial charge in [0.1, 0.15) is 13.1 Å². The zero-order valence-electron chi connectivity index (χ0n) is 12.8. The molecule has 0 saturated carbocycles. The van der Waals surface area contributed by atoms with E-state index in [4.69, 9.17) is 11.6 Å². The standard InChI is InChI=1S/C16H15ClN4O3/c17-13-5-2-1-4-12(13)16(22)20-10-8-19(9-11-20)15-14(21(23)24)6-3-7-18-15/h1-7H,8-11H2/p+1. The molecule has 2 heterocycles. The molecule has 2 aromatic rings. The molecule has 1 saturated heterocycles. The summed E-state index contributed by atoms with van der Waals surface area (Å²) in [5, 5.41) is 11.6. The Balaban J connectivity index is 1.72. The van der Waals surface area contributed by atoms with Crippen LogP contribution in [0.25, 0.3) is 0 Å². The lowest BCUT2D eigenvalue weighted by molar-refractivity contribution is -0.411. The summed E-state index contributed by atoms with van der Waals surface area (Å²) in [6, 6.07) is 10.0. The fourth-order valence-corrected chi connectivity index (χ4v) is 2.97. The molecule has 8 heteroatoms. The van der Waals surface area contributed by atoms with Crippen molar-refractivity contribution < 1.29 is 14.7 Å². The molecule has 0 bridgehead atoms. The lowest BCUT2D eigenvalue weighted by Crippen LogP contribution is -2.50. The molecule has 0 radical (unpaired) electrons. The number of hydrogen-bond donors (Lipinski definition) is 0. The number of carbonyl (C=O) groups is 1. The van der Waals surface area contributed by atoms with Crippen LogP contribution in [0.3, 0.4) is 0 Å².